The van der Waals surface area contributed by atoms with Gasteiger partial charge in [-0.3, -0.25) is 19.7 Å². The number of carbonyl (C=O) groups is 3. The molecule has 2 aromatic carbocycles. The third-order valence-electron chi connectivity index (χ3n) is 3.88. The number of nitro benzene ring substituents is 1. The molecule has 0 heterocycles. The molecule has 9 nitrogen and oxygen atoms in total. The zero-order valence-corrected chi connectivity index (χ0v) is 15.7. The van der Waals surface area contributed by atoms with Crippen LogP contribution in [0.2, 0.25) is 0 Å². The van der Waals surface area contributed by atoms with E-state index in [1.165, 1.54) is 31.2 Å². The molecular formula is C20H20N2O7. The van der Waals surface area contributed by atoms with Crippen LogP contribution in [0.4, 0.5) is 5.69 Å². The fraction of sp³-hybridized carbons (Fsp3) is 0.250. The summed E-state index contributed by atoms with van der Waals surface area (Å²) in [7, 11) is 0. The van der Waals surface area contributed by atoms with E-state index in [2.05, 4.69) is 5.32 Å². The number of ketones is 1. The van der Waals surface area contributed by atoms with Crippen molar-refractivity contribution in [3.8, 4) is 5.75 Å². The molecule has 2 rings (SSSR count). The van der Waals surface area contributed by atoms with Crippen molar-refractivity contribution in [1.82, 2.24) is 5.32 Å². The molecule has 0 bridgehead atoms. The number of esters is 1. The maximum absolute atomic E-state index is 12.0. The molecular weight excluding hydrogens is 380 g/mol. The Morgan fingerprint density at radius 1 is 1.03 bits per heavy atom. The molecule has 0 aliphatic heterocycles. The van der Waals surface area contributed by atoms with Gasteiger partial charge in [0, 0.05) is 12.1 Å². The van der Waals surface area contributed by atoms with Gasteiger partial charge in [-0.05, 0) is 31.0 Å². The minimum Gasteiger partial charge on any atom is -0.482 e. The first-order valence-corrected chi connectivity index (χ1v) is 8.72. The maximum Gasteiger partial charge on any atom is 0.344 e. The highest BCUT2D eigenvalue weighted by molar-refractivity contribution is 5.88. The summed E-state index contributed by atoms with van der Waals surface area (Å²) in [4.78, 5) is 45.5. The summed E-state index contributed by atoms with van der Waals surface area (Å²) < 4.78 is 9.97. The van der Waals surface area contributed by atoms with Gasteiger partial charge in [-0.15, -0.1) is 0 Å². The number of amides is 1. The van der Waals surface area contributed by atoms with Gasteiger partial charge in [0.15, 0.2) is 19.0 Å². The molecule has 0 unspecified atom stereocenters. The fourth-order valence-electron chi connectivity index (χ4n) is 2.38. The molecule has 0 saturated carbocycles. The van der Waals surface area contributed by atoms with Crippen LogP contribution < -0.4 is 10.1 Å². The highest BCUT2D eigenvalue weighted by Gasteiger charge is 2.18. The number of non-ortho nitro benzene ring substituents is 1. The number of ether oxygens (including phenoxy) is 2. The minimum absolute atomic E-state index is 0.105. The van der Waals surface area contributed by atoms with Gasteiger partial charge in [-0.25, -0.2) is 4.79 Å². The number of nitro groups is 1. The van der Waals surface area contributed by atoms with Gasteiger partial charge < -0.3 is 14.8 Å². The smallest absolute Gasteiger partial charge is 0.344 e. The third kappa shape index (κ3) is 7.41. The van der Waals surface area contributed by atoms with Crippen LogP contribution in [0, 0.1) is 10.1 Å². The van der Waals surface area contributed by atoms with Gasteiger partial charge in [0.2, 0.25) is 0 Å². The van der Waals surface area contributed by atoms with Gasteiger partial charge in [0.05, 0.1) is 11.0 Å². The van der Waals surface area contributed by atoms with Gasteiger partial charge in [-0.1, -0.05) is 30.3 Å². The van der Waals surface area contributed by atoms with E-state index in [4.69, 9.17) is 9.47 Å². The molecule has 1 amide bonds. The highest BCUT2D eigenvalue weighted by atomic mass is 16.6. The largest absolute Gasteiger partial charge is 0.482 e. The van der Waals surface area contributed by atoms with Gasteiger partial charge in [0.1, 0.15) is 5.75 Å². The first-order valence-electron chi connectivity index (χ1n) is 8.72. The second-order valence-electron chi connectivity index (χ2n) is 6.12. The van der Waals surface area contributed by atoms with E-state index in [9.17, 15) is 24.5 Å². The molecule has 1 N–H and O–H groups in total. The molecule has 9 heteroatoms. The molecule has 1 atom stereocenters. The molecule has 0 saturated heterocycles. The molecule has 29 heavy (non-hydrogen) atoms. The van der Waals surface area contributed by atoms with Gasteiger partial charge >= 0.3 is 5.97 Å². The Bertz CT molecular complexity index is 866. The predicted molar refractivity (Wildman–Crippen MR) is 102 cm³/mol. The fourth-order valence-corrected chi connectivity index (χ4v) is 2.38. The van der Waals surface area contributed by atoms with E-state index >= 15 is 0 Å². The number of benzene rings is 2. The van der Waals surface area contributed by atoms with Crippen molar-refractivity contribution in [3.63, 3.8) is 0 Å². The average molecular weight is 400 g/mol. The molecule has 0 radical (unpaired) electrons. The van der Waals surface area contributed by atoms with Crippen molar-refractivity contribution >= 4 is 23.3 Å². The van der Waals surface area contributed by atoms with Crippen LogP contribution in [0.1, 0.15) is 12.5 Å². The number of nitrogens with zero attached hydrogens (tertiary/aromatic N) is 1. The SMILES string of the molecule is CC(=O)[C@H](Cc1ccccc1)NC(=O)COC(=O)COc1ccc([N+](=O)[O-])cc1. The van der Waals surface area contributed by atoms with Gasteiger partial charge in [-0.2, -0.15) is 0 Å². The number of hydrogen-bond acceptors (Lipinski definition) is 7. The first-order chi connectivity index (χ1) is 13.8. The Hall–Kier alpha value is -3.75. The second kappa shape index (κ2) is 10.5. The summed E-state index contributed by atoms with van der Waals surface area (Å²) in [5.74, 6) is -1.36. The molecule has 152 valence electrons. The van der Waals surface area contributed by atoms with E-state index in [-0.39, 0.29) is 17.2 Å². The van der Waals surface area contributed by atoms with Crippen molar-refractivity contribution < 1.29 is 28.8 Å². The van der Waals surface area contributed by atoms with E-state index in [1.807, 2.05) is 30.3 Å². The van der Waals surface area contributed by atoms with Crippen LogP contribution >= 0.6 is 0 Å². The summed E-state index contributed by atoms with van der Waals surface area (Å²) in [6.45, 7) is 0.351. The molecule has 0 aromatic heterocycles. The Kier molecular flexibility index (Phi) is 7.84. The zero-order valence-electron chi connectivity index (χ0n) is 15.7. The lowest BCUT2D eigenvalue weighted by Gasteiger charge is -2.16. The number of nitrogens with one attached hydrogen (secondary N) is 1. The molecule has 0 aliphatic rings. The number of carbonyl (C=O) groups excluding carboxylic acids is 3. The zero-order chi connectivity index (χ0) is 21.2. The Labute approximate surface area is 166 Å². The van der Waals surface area contributed by atoms with Crippen molar-refractivity contribution in [2.45, 2.75) is 19.4 Å². The third-order valence-corrected chi connectivity index (χ3v) is 3.88. The number of hydrogen-bond donors (Lipinski definition) is 1. The predicted octanol–water partition coefficient (Wildman–Crippen LogP) is 1.83. The van der Waals surface area contributed by atoms with Crippen molar-refractivity contribution in [1.29, 1.82) is 0 Å². The van der Waals surface area contributed by atoms with Crippen LogP contribution in [0.3, 0.4) is 0 Å². The summed E-state index contributed by atoms with van der Waals surface area (Å²) in [6.07, 6.45) is 0.332. The van der Waals surface area contributed by atoms with E-state index in [0.717, 1.165) is 5.56 Å². The summed E-state index contributed by atoms with van der Waals surface area (Å²) in [6, 6.07) is 13.7. The highest BCUT2D eigenvalue weighted by Crippen LogP contribution is 2.17. The second-order valence-corrected chi connectivity index (χ2v) is 6.12. The summed E-state index contributed by atoms with van der Waals surface area (Å²) in [5.41, 5.74) is 0.786. The average Bonchev–Trinajstić information content (AvgIpc) is 2.71. The van der Waals surface area contributed by atoms with Gasteiger partial charge in [0.25, 0.3) is 11.6 Å². The summed E-state index contributed by atoms with van der Waals surface area (Å²) >= 11 is 0. The quantitative estimate of drug-likeness (QED) is 0.366. The lowest BCUT2D eigenvalue weighted by Crippen LogP contribution is -2.43. The molecule has 2 aromatic rings. The lowest BCUT2D eigenvalue weighted by molar-refractivity contribution is -0.384. The van der Waals surface area contributed by atoms with Crippen LogP contribution in [-0.4, -0.2) is 41.8 Å². The Balaban J connectivity index is 1.75. The normalized spacial score (nSPS) is 11.2. The molecule has 0 fully saturated rings. The van der Waals surface area contributed by atoms with Crippen LogP contribution in [-0.2, 0) is 25.5 Å². The lowest BCUT2D eigenvalue weighted by atomic mass is 10.0. The molecule has 0 aliphatic carbocycles. The van der Waals surface area contributed by atoms with Crippen LogP contribution in [0.15, 0.2) is 54.6 Å². The van der Waals surface area contributed by atoms with Crippen molar-refractivity contribution in [3.05, 3.63) is 70.3 Å². The number of Topliss-reactive ketones (excluding diaryl/α,β-unsaturated/α-hetero) is 1. The Morgan fingerprint density at radius 2 is 1.69 bits per heavy atom. The van der Waals surface area contributed by atoms with Crippen LogP contribution in [0.5, 0.6) is 5.75 Å². The van der Waals surface area contributed by atoms with E-state index < -0.39 is 36.1 Å². The maximum atomic E-state index is 12.0. The van der Waals surface area contributed by atoms with E-state index in [0.29, 0.717) is 6.42 Å². The standard InChI is InChI=1S/C20H20N2O7/c1-14(23)18(11-15-5-3-2-4-6-15)21-19(24)12-29-20(25)13-28-17-9-7-16(8-10-17)22(26)27/h2-10,18H,11-13H2,1H3,(H,21,24)/t18-/m0/s1. The monoisotopic (exact) mass is 400 g/mol. The first kappa shape index (κ1) is 21.5. The Morgan fingerprint density at radius 3 is 2.28 bits per heavy atom. The van der Waals surface area contributed by atoms with Crippen molar-refractivity contribution in [2.24, 2.45) is 0 Å². The topological polar surface area (TPSA) is 125 Å². The molecule has 0 spiro atoms. The summed E-state index contributed by atoms with van der Waals surface area (Å²) in [5, 5.41) is 13.1. The van der Waals surface area contributed by atoms with Crippen molar-refractivity contribution in [2.75, 3.05) is 13.2 Å². The number of rotatable bonds is 10. The van der Waals surface area contributed by atoms with Crippen LogP contribution in [0.25, 0.3) is 0 Å². The van der Waals surface area contributed by atoms with E-state index in [1.54, 1.807) is 0 Å². The minimum atomic E-state index is -0.791.